The van der Waals surface area contributed by atoms with E-state index >= 15 is 8.78 Å². The van der Waals surface area contributed by atoms with Crippen molar-refractivity contribution in [1.29, 1.82) is 0 Å². The summed E-state index contributed by atoms with van der Waals surface area (Å²) in [5, 5.41) is 0. The van der Waals surface area contributed by atoms with Crippen LogP contribution in [0.2, 0.25) is 0 Å². The molecule has 0 saturated carbocycles. The molecule has 8 aromatic rings. The number of hydrogen-bond donors (Lipinski definition) is 0. The van der Waals surface area contributed by atoms with E-state index in [0.717, 1.165) is 132 Å². The summed E-state index contributed by atoms with van der Waals surface area (Å²) in [6.07, 6.45) is 46.5. The minimum atomic E-state index is -0.846. The number of rotatable bonds is 49. The summed E-state index contributed by atoms with van der Waals surface area (Å²) in [7, 11) is 0. The largest absolute Gasteiger partial charge is 0.489 e. The fraction of sp³-hybridized carbons (Fsp3) is 0.641. The first-order chi connectivity index (χ1) is 45.1. The number of thiophene rings is 4. The molecule has 0 aliphatic heterocycles. The zero-order chi connectivity index (χ0) is 64.9. The Hall–Kier alpha value is -3.66. The van der Waals surface area contributed by atoms with Crippen molar-refractivity contribution < 1.29 is 18.3 Å². The Kier molecular flexibility index (Phi) is 32.9. The van der Waals surface area contributed by atoms with Crippen LogP contribution in [0.15, 0.2) is 36.4 Å². The molecule has 2 aromatic carbocycles. The molecule has 8 rings (SSSR count). The molecule has 2 atom stereocenters. The summed E-state index contributed by atoms with van der Waals surface area (Å²) >= 11 is 8.92. The first-order valence-corrected chi connectivity index (χ1v) is 41.5. The Balaban J connectivity index is 1.15. The van der Waals surface area contributed by atoms with Crippen LogP contribution in [0.25, 0.3) is 73.6 Å². The molecule has 0 bridgehead atoms. The van der Waals surface area contributed by atoms with Gasteiger partial charge in [0.25, 0.3) is 0 Å². The number of fused-ring (bicyclic) bond motifs is 2. The van der Waals surface area contributed by atoms with E-state index in [1.54, 1.807) is 45.3 Å². The van der Waals surface area contributed by atoms with E-state index in [0.29, 0.717) is 41.0 Å². The summed E-state index contributed by atoms with van der Waals surface area (Å²) < 4.78 is 69.3. The van der Waals surface area contributed by atoms with Gasteiger partial charge in [-0.15, -0.1) is 45.3 Å². The Labute approximate surface area is 578 Å². The quantitative estimate of drug-likeness (QED) is 0.0354. The van der Waals surface area contributed by atoms with Gasteiger partial charge < -0.3 is 9.47 Å². The molecule has 0 amide bonds. The van der Waals surface area contributed by atoms with Crippen LogP contribution in [0.5, 0.6) is 11.5 Å². The van der Waals surface area contributed by atoms with Crippen LogP contribution in [0.4, 0.5) is 8.78 Å². The highest BCUT2D eigenvalue weighted by Crippen LogP contribution is 2.55. The number of aromatic nitrogens is 4. The third-order valence-corrected chi connectivity index (χ3v) is 24.9. The number of nitrogens with zero attached hydrogens (tertiary/aromatic N) is 4. The van der Waals surface area contributed by atoms with Crippen LogP contribution in [0, 0.1) is 37.3 Å². The molecule has 6 nitrogen and oxygen atoms in total. The molecule has 0 saturated heterocycles. The van der Waals surface area contributed by atoms with Crippen LogP contribution < -0.4 is 9.47 Å². The number of ether oxygens (including phenoxy) is 2. The highest BCUT2D eigenvalue weighted by molar-refractivity contribution is 7.25. The average molecular weight is 1370 g/mol. The van der Waals surface area contributed by atoms with Gasteiger partial charge in [-0.25, -0.2) is 8.78 Å². The first-order valence-electron chi connectivity index (χ1n) is 36.7. The number of aryl methyl sites for hydroxylation is 2. The molecule has 2 unspecified atom stereocenters. The summed E-state index contributed by atoms with van der Waals surface area (Å²) in [4.78, 5) is 8.12. The van der Waals surface area contributed by atoms with Gasteiger partial charge in [0.2, 0.25) is 0 Å². The molecule has 6 heterocycles. The van der Waals surface area contributed by atoms with E-state index in [-0.39, 0.29) is 11.1 Å². The minimum absolute atomic E-state index is 0.216. The standard InChI is InChI=1S/C78H112F2N4O2S6/c1-9-15-19-23-27-29-31-33-37-41-49-85-76-68(61-46-45-55(7)87-61)74-75(84-92-83-74)69(77(76)86-50-42-38-34-32-30-28-24-20-16-10-2)62-47-48-63(89-62)78-60(52-58(14-6)44-40-36-26-22-18-12-4)54-65(90-78)67-71(80)70(79)66(72-73(67)82-91-81-72)64-53-59(56(8)88-64)51-57(13-5)43-39-35-25-21-17-11-3/h45-48,53-54,57-58H,9-44,49-52H2,1-8H3. The summed E-state index contributed by atoms with van der Waals surface area (Å²) in [5.74, 6) is 0.836. The monoisotopic (exact) mass is 1370 g/mol. The van der Waals surface area contributed by atoms with Crippen molar-refractivity contribution in [2.75, 3.05) is 13.2 Å². The molecule has 0 N–H and O–H groups in total. The van der Waals surface area contributed by atoms with E-state index in [1.165, 1.54) is 214 Å². The second-order valence-electron chi connectivity index (χ2n) is 26.6. The highest BCUT2D eigenvalue weighted by atomic mass is 32.1. The minimum Gasteiger partial charge on any atom is -0.489 e. The first kappa shape index (κ1) is 74.1. The Morgan fingerprint density at radius 3 is 1.15 bits per heavy atom. The normalized spacial score (nSPS) is 12.6. The van der Waals surface area contributed by atoms with Gasteiger partial charge in [0.1, 0.15) is 22.1 Å². The Morgan fingerprint density at radius 1 is 0.370 bits per heavy atom. The van der Waals surface area contributed by atoms with E-state index in [9.17, 15) is 0 Å². The van der Waals surface area contributed by atoms with Gasteiger partial charge >= 0.3 is 0 Å². The molecule has 0 fully saturated rings. The van der Waals surface area contributed by atoms with Gasteiger partial charge in [-0.2, -0.15) is 17.5 Å². The van der Waals surface area contributed by atoms with Crippen LogP contribution >= 0.6 is 68.8 Å². The fourth-order valence-electron chi connectivity index (χ4n) is 13.5. The van der Waals surface area contributed by atoms with Crippen molar-refractivity contribution in [2.45, 2.75) is 299 Å². The van der Waals surface area contributed by atoms with Crippen molar-refractivity contribution >= 4 is 90.9 Å². The lowest BCUT2D eigenvalue weighted by atomic mass is 9.91. The van der Waals surface area contributed by atoms with E-state index < -0.39 is 11.6 Å². The van der Waals surface area contributed by atoms with Crippen molar-refractivity contribution in [3.05, 3.63) is 68.9 Å². The predicted molar refractivity (Wildman–Crippen MR) is 402 cm³/mol. The number of benzene rings is 2. The summed E-state index contributed by atoms with van der Waals surface area (Å²) in [6, 6.07) is 13.2. The van der Waals surface area contributed by atoms with Crippen LogP contribution in [-0.4, -0.2) is 30.7 Å². The lowest BCUT2D eigenvalue weighted by Crippen LogP contribution is -2.06. The molecule has 0 aliphatic carbocycles. The lowest BCUT2D eigenvalue weighted by Gasteiger charge is -2.20. The van der Waals surface area contributed by atoms with E-state index in [4.69, 9.17) is 27.0 Å². The number of hydrogen-bond acceptors (Lipinski definition) is 12. The SMILES string of the molecule is CCCCCCCCCCCCOc1c(OCCCCCCCCCCCC)c(-c2ccc(-c3sc(-c4c(F)c(F)c(-c5cc(CC(CC)CCCCCCCC)c(C)s5)c5nsnc45)cc3CC(CC)CCCCCCCC)s2)c2nsnc2c1-c1ccc(C)s1. The maximum atomic E-state index is 17.6. The van der Waals surface area contributed by atoms with E-state index in [1.807, 2.05) is 0 Å². The molecular formula is C78H112F2N4O2S6. The van der Waals surface area contributed by atoms with Gasteiger partial charge in [-0.1, -0.05) is 260 Å². The molecule has 6 aromatic heterocycles. The van der Waals surface area contributed by atoms with Gasteiger partial charge in [0, 0.05) is 39.0 Å². The molecule has 0 aliphatic rings. The van der Waals surface area contributed by atoms with Crippen molar-refractivity contribution in [2.24, 2.45) is 11.8 Å². The van der Waals surface area contributed by atoms with Crippen LogP contribution in [-0.2, 0) is 12.8 Å². The number of unbranched alkanes of at least 4 members (excludes halogenated alkanes) is 28. The third kappa shape index (κ3) is 21.2. The maximum absolute atomic E-state index is 17.6. The molecule has 14 heteroatoms. The predicted octanol–water partition coefficient (Wildman–Crippen LogP) is 28.4. The third-order valence-electron chi connectivity index (χ3n) is 19.2. The van der Waals surface area contributed by atoms with Gasteiger partial charge in [-0.05, 0) is 98.9 Å². The fourth-order valence-corrected chi connectivity index (χ4v) is 19.0. The Bertz CT molecular complexity index is 3380. The van der Waals surface area contributed by atoms with Crippen molar-refractivity contribution in [3.63, 3.8) is 0 Å². The smallest absolute Gasteiger partial charge is 0.172 e. The van der Waals surface area contributed by atoms with E-state index in [2.05, 4.69) is 91.8 Å². The van der Waals surface area contributed by atoms with Crippen molar-refractivity contribution in [1.82, 2.24) is 17.5 Å². The molecular weight excluding hydrogens is 1260 g/mol. The van der Waals surface area contributed by atoms with Gasteiger partial charge in [-0.3, -0.25) is 0 Å². The molecule has 0 spiro atoms. The average Bonchev–Trinajstić information content (AvgIpc) is 1.52. The van der Waals surface area contributed by atoms with Crippen LogP contribution in [0.1, 0.15) is 294 Å². The second-order valence-corrected chi connectivity index (χ2v) is 32.3. The zero-order valence-electron chi connectivity index (χ0n) is 57.7. The number of halogens is 2. The van der Waals surface area contributed by atoms with Gasteiger partial charge in [0.15, 0.2) is 23.1 Å². The van der Waals surface area contributed by atoms with Crippen molar-refractivity contribution in [3.8, 4) is 63.0 Å². The topological polar surface area (TPSA) is 70.0 Å². The Morgan fingerprint density at radius 2 is 0.728 bits per heavy atom. The lowest BCUT2D eigenvalue weighted by molar-refractivity contribution is 0.260. The molecule has 0 radical (unpaired) electrons. The summed E-state index contributed by atoms with van der Waals surface area (Å²) in [6.45, 7) is 19.2. The maximum Gasteiger partial charge on any atom is 0.172 e. The zero-order valence-corrected chi connectivity index (χ0v) is 62.6. The molecule has 506 valence electrons. The van der Waals surface area contributed by atoms with Gasteiger partial charge in [0.05, 0.1) is 58.9 Å². The highest BCUT2D eigenvalue weighted by Gasteiger charge is 2.32. The van der Waals surface area contributed by atoms with Crippen LogP contribution in [0.3, 0.4) is 0 Å². The second kappa shape index (κ2) is 40.8. The summed E-state index contributed by atoms with van der Waals surface area (Å²) in [5.41, 5.74) is 7.31. The molecule has 92 heavy (non-hydrogen) atoms.